The Balaban J connectivity index is 0.00000231. The summed E-state index contributed by atoms with van der Waals surface area (Å²) in [5.41, 5.74) is 19.4. The fraction of sp³-hybridized carbons (Fsp3) is 0.129. The van der Waals surface area contributed by atoms with Crippen molar-refractivity contribution in [3.63, 3.8) is 0 Å². The van der Waals surface area contributed by atoms with Crippen LogP contribution in [0.15, 0.2) is 97.5 Å². The van der Waals surface area contributed by atoms with E-state index < -0.39 is 0 Å². The molecule has 0 aliphatic carbocycles. The number of hydrogen-bond acceptors (Lipinski definition) is 5. The largest absolute Gasteiger partial charge is 1.00 e. The molecular weight excluding hydrogens is 740 g/mol. The monoisotopic (exact) mass is 773 g/mol. The Morgan fingerprint density at radius 2 is 1.37 bits per heavy atom. The summed E-state index contributed by atoms with van der Waals surface area (Å²) in [6, 6.07) is 24.7. The van der Waals surface area contributed by atoms with Gasteiger partial charge in [-0.2, -0.15) is 4.57 Å². The van der Waals surface area contributed by atoms with Gasteiger partial charge in [-0.1, -0.05) is 0 Å². The fourth-order valence-electron chi connectivity index (χ4n) is 4.46. The number of fused-ring (bicyclic) bond motifs is 1. The first-order valence-corrected chi connectivity index (χ1v) is 13.0. The van der Waals surface area contributed by atoms with Crippen molar-refractivity contribution in [2.24, 2.45) is 0 Å². The highest BCUT2D eigenvalue weighted by atomic mass is 127. The second-order valence-electron chi connectivity index (χ2n) is 9.29. The highest BCUT2D eigenvalue weighted by molar-refractivity contribution is 6.05. The second kappa shape index (κ2) is 14.3. The van der Waals surface area contributed by atoms with Crippen LogP contribution in [0.5, 0.6) is 0 Å². The zero-order valence-electron chi connectivity index (χ0n) is 22.9. The summed E-state index contributed by atoms with van der Waals surface area (Å²) in [4.78, 5) is 12.9. The number of aryl methyl sites for hydroxylation is 2. The maximum absolute atomic E-state index is 12.9. The van der Waals surface area contributed by atoms with Crippen molar-refractivity contribution in [3.05, 3.63) is 103 Å². The van der Waals surface area contributed by atoms with Crippen molar-refractivity contribution in [1.82, 2.24) is 0 Å². The Morgan fingerprint density at radius 3 is 2.02 bits per heavy atom. The molecule has 0 unspecified atom stereocenters. The van der Waals surface area contributed by atoms with Crippen LogP contribution in [-0.2, 0) is 13.1 Å². The van der Waals surface area contributed by atoms with Gasteiger partial charge in [-0.3, -0.25) is 4.79 Å². The van der Waals surface area contributed by atoms with Crippen molar-refractivity contribution >= 4 is 56.6 Å². The predicted molar refractivity (Wildman–Crippen MR) is 158 cm³/mol. The number of pyridine rings is 2. The Kier molecular flexibility index (Phi) is 11.1. The molecule has 0 saturated carbocycles. The second-order valence-corrected chi connectivity index (χ2v) is 9.29. The van der Waals surface area contributed by atoms with Crippen molar-refractivity contribution < 1.29 is 61.9 Å². The molecule has 3 aromatic carbocycles. The number of nitrogens with two attached hydrogens (primary N) is 2. The molecule has 7 N–H and O–H groups in total. The van der Waals surface area contributed by atoms with E-state index in [4.69, 9.17) is 11.5 Å². The van der Waals surface area contributed by atoms with Crippen LogP contribution in [0.25, 0.3) is 10.9 Å². The molecule has 0 bridgehead atoms. The van der Waals surface area contributed by atoms with E-state index in [0.29, 0.717) is 22.6 Å². The Labute approximate surface area is 274 Å². The summed E-state index contributed by atoms with van der Waals surface area (Å²) in [5, 5.41) is 10.7. The lowest BCUT2D eigenvalue weighted by Gasteiger charge is -2.12. The number of nitrogens with one attached hydrogen (secondary N) is 3. The van der Waals surface area contributed by atoms with Crippen molar-refractivity contribution in [3.8, 4) is 0 Å². The lowest BCUT2D eigenvalue weighted by molar-refractivity contribution is -0.693. The van der Waals surface area contributed by atoms with E-state index in [1.54, 1.807) is 18.2 Å². The third-order valence-electron chi connectivity index (χ3n) is 6.65. The van der Waals surface area contributed by atoms with Gasteiger partial charge in [-0.05, 0) is 68.4 Å². The van der Waals surface area contributed by atoms with Gasteiger partial charge in [0, 0.05) is 46.9 Å². The number of amides is 1. The zero-order valence-corrected chi connectivity index (χ0v) is 27.2. The first-order chi connectivity index (χ1) is 18.9. The number of benzene rings is 3. The SMILES string of the molecule is CC[n+]1ccc(Nc2ccc(NC(=O)c3ccc(Nc4cc[n+](CC)c5ccc(N)cc45)cc3)cc2N)cc1.[I-].[I-]. The van der Waals surface area contributed by atoms with E-state index in [2.05, 4.69) is 45.1 Å². The predicted octanol–water partition coefficient (Wildman–Crippen LogP) is -0.633. The molecule has 0 aliphatic heterocycles. The average Bonchev–Trinajstić information content (AvgIpc) is 2.95. The smallest absolute Gasteiger partial charge is 0.255 e. The minimum Gasteiger partial charge on any atom is -1.00 e. The summed E-state index contributed by atoms with van der Waals surface area (Å²) in [6.07, 6.45) is 6.07. The lowest BCUT2D eigenvalue weighted by atomic mass is 10.1. The number of carbonyl (C=O) groups excluding carboxylic acids is 1. The van der Waals surface area contributed by atoms with Gasteiger partial charge in [0.15, 0.2) is 18.6 Å². The third kappa shape index (κ3) is 7.55. The van der Waals surface area contributed by atoms with E-state index in [1.807, 2.05) is 73.1 Å². The summed E-state index contributed by atoms with van der Waals surface area (Å²) < 4.78 is 4.25. The van der Waals surface area contributed by atoms with E-state index in [1.165, 1.54) is 0 Å². The molecule has 0 spiro atoms. The van der Waals surface area contributed by atoms with Gasteiger partial charge in [-0.15, -0.1) is 0 Å². The number of anilines is 7. The van der Waals surface area contributed by atoms with Gasteiger partial charge in [0.05, 0.1) is 28.1 Å². The number of halogens is 2. The minimum absolute atomic E-state index is 0. The number of hydrogen-bond donors (Lipinski definition) is 5. The van der Waals surface area contributed by atoms with Crippen LogP contribution < -0.4 is 84.5 Å². The molecule has 41 heavy (non-hydrogen) atoms. The van der Waals surface area contributed by atoms with Gasteiger partial charge in [0.25, 0.3) is 5.91 Å². The highest BCUT2D eigenvalue weighted by Crippen LogP contribution is 2.28. The molecule has 2 heterocycles. The molecule has 0 radical (unpaired) electrons. The maximum atomic E-state index is 12.9. The lowest BCUT2D eigenvalue weighted by Crippen LogP contribution is -3.00. The van der Waals surface area contributed by atoms with E-state index in [9.17, 15) is 4.79 Å². The fourth-order valence-corrected chi connectivity index (χ4v) is 4.46. The average molecular weight is 773 g/mol. The van der Waals surface area contributed by atoms with E-state index in [0.717, 1.165) is 46.7 Å². The van der Waals surface area contributed by atoms with Crippen LogP contribution in [0.1, 0.15) is 24.2 Å². The van der Waals surface area contributed by atoms with Crippen molar-refractivity contribution in [2.45, 2.75) is 26.9 Å². The van der Waals surface area contributed by atoms with Crippen LogP contribution in [-0.4, -0.2) is 5.91 Å². The molecule has 10 heteroatoms. The van der Waals surface area contributed by atoms with Crippen molar-refractivity contribution in [1.29, 1.82) is 0 Å². The number of nitrogens with zero attached hydrogens (tertiary/aromatic N) is 2. The molecule has 0 saturated heterocycles. The van der Waals surface area contributed by atoms with Gasteiger partial charge in [0.2, 0.25) is 5.52 Å². The molecule has 2 aromatic heterocycles. The molecule has 0 aliphatic rings. The molecule has 212 valence electrons. The quantitative estimate of drug-likeness (QED) is 0.0820. The Hall–Kier alpha value is -3.65. The maximum Gasteiger partial charge on any atom is 0.255 e. The Bertz CT molecular complexity index is 1640. The van der Waals surface area contributed by atoms with E-state index in [-0.39, 0.29) is 53.9 Å². The first kappa shape index (κ1) is 31.9. The highest BCUT2D eigenvalue weighted by Gasteiger charge is 2.13. The molecular formula is C31H33I2N7O. The van der Waals surface area contributed by atoms with Crippen molar-refractivity contribution in [2.75, 3.05) is 27.4 Å². The molecule has 1 amide bonds. The number of nitrogen functional groups attached to an aromatic ring is 2. The van der Waals surface area contributed by atoms with Crippen LogP contribution in [0.3, 0.4) is 0 Å². The summed E-state index contributed by atoms with van der Waals surface area (Å²) in [5.74, 6) is -0.212. The molecule has 8 nitrogen and oxygen atoms in total. The molecule has 0 fully saturated rings. The number of rotatable bonds is 8. The zero-order chi connectivity index (χ0) is 27.4. The standard InChI is InChI=1S/C31H31N7O.2HI/c1-3-37-16-13-24(14-17-37)35-29-11-10-25(20-27(29)33)36-31(39)21-5-8-23(9-6-21)34-28-15-18-38(4-2)30-12-7-22(32)19-26(28)30;;/h5-20H,3-4,32-33H2,1-2H3,(H,36,39);2*1H. The van der Waals surface area contributed by atoms with Crippen LogP contribution in [0.2, 0.25) is 0 Å². The van der Waals surface area contributed by atoms with Crippen LogP contribution >= 0.6 is 0 Å². The van der Waals surface area contributed by atoms with Gasteiger partial charge < -0.3 is 75.4 Å². The van der Waals surface area contributed by atoms with Gasteiger partial charge >= 0.3 is 0 Å². The van der Waals surface area contributed by atoms with Gasteiger partial charge in [-0.25, -0.2) is 4.57 Å². The summed E-state index contributed by atoms with van der Waals surface area (Å²) in [7, 11) is 0. The third-order valence-corrected chi connectivity index (χ3v) is 6.65. The topological polar surface area (TPSA) is 113 Å². The summed E-state index contributed by atoms with van der Waals surface area (Å²) >= 11 is 0. The normalized spacial score (nSPS) is 10.3. The molecule has 5 rings (SSSR count). The van der Waals surface area contributed by atoms with E-state index >= 15 is 0 Å². The minimum atomic E-state index is -0.212. The van der Waals surface area contributed by atoms with Crippen LogP contribution in [0.4, 0.5) is 39.8 Å². The number of carbonyl (C=O) groups is 1. The molecule has 5 aromatic rings. The Morgan fingerprint density at radius 1 is 0.707 bits per heavy atom. The first-order valence-electron chi connectivity index (χ1n) is 13.0. The summed E-state index contributed by atoms with van der Waals surface area (Å²) in [6.45, 7) is 5.97. The molecule has 0 atom stereocenters. The van der Waals surface area contributed by atoms with Gasteiger partial charge in [0.1, 0.15) is 13.1 Å². The van der Waals surface area contributed by atoms with Crippen LogP contribution in [0, 0.1) is 0 Å². The number of aromatic nitrogens is 2.